The molecule has 0 saturated heterocycles. The second-order valence-corrected chi connectivity index (χ2v) is 6.14. The highest BCUT2D eigenvalue weighted by Gasteiger charge is 2.07. The highest BCUT2D eigenvalue weighted by Crippen LogP contribution is 2.21. The van der Waals surface area contributed by atoms with Crippen LogP contribution in [0.4, 0.5) is 0 Å². The van der Waals surface area contributed by atoms with Crippen molar-refractivity contribution < 1.29 is 4.74 Å². The summed E-state index contributed by atoms with van der Waals surface area (Å²) in [6.45, 7) is 10.3. The molecular formula is C14H22BrNO. The SMILES string of the molecule is Cc1cc(OCCCNC(C)(C)C)ccc1Br. The summed E-state index contributed by atoms with van der Waals surface area (Å²) in [5, 5.41) is 3.44. The van der Waals surface area contributed by atoms with Gasteiger partial charge in [0.15, 0.2) is 0 Å². The second kappa shape index (κ2) is 6.41. The summed E-state index contributed by atoms with van der Waals surface area (Å²) in [4.78, 5) is 0. The molecule has 0 heterocycles. The van der Waals surface area contributed by atoms with Gasteiger partial charge in [-0.05, 0) is 64.4 Å². The van der Waals surface area contributed by atoms with Crippen molar-refractivity contribution in [2.45, 2.75) is 39.7 Å². The fourth-order valence-corrected chi connectivity index (χ4v) is 1.68. The molecule has 0 bridgehead atoms. The molecule has 1 aromatic carbocycles. The van der Waals surface area contributed by atoms with Crippen LogP contribution in [0.25, 0.3) is 0 Å². The van der Waals surface area contributed by atoms with Crippen LogP contribution in [0.1, 0.15) is 32.8 Å². The van der Waals surface area contributed by atoms with E-state index in [2.05, 4.69) is 55.0 Å². The molecule has 1 aromatic rings. The van der Waals surface area contributed by atoms with E-state index in [0.717, 1.165) is 29.8 Å². The summed E-state index contributed by atoms with van der Waals surface area (Å²) < 4.78 is 6.82. The lowest BCUT2D eigenvalue weighted by atomic mass is 10.1. The Labute approximate surface area is 113 Å². The standard InChI is InChI=1S/C14H22BrNO/c1-11-10-12(6-7-13(11)15)17-9-5-8-16-14(2,3)4/h6-7,10,16H,5,8-9H2,1-4H3. The van der Waals surface area contributed by atoms with Gasteiger partial charge in [-0.25, -0.2) is 0 Å². The first-order chi connectivity index (χ1) is 7.88. The number of halogens is 1. The molecule has 3 heteroatoms. The minimum atomic E-state index is 0.189. The van der Waals surface area contributed by atoms with E-state index >= 15 is 0 Å². The normalized spacial score (nSPS) is 11.6. The number of hydrogen-bond donors (Lipinski definition) is 1. The fourth-order valence-electron chi connectivity index (χ4n) is 1.43. The van der Waals surface area contributed by atoms with E-state index in [4.69, 9.17) is 4.74 Å². The highest BCUT2D eigenvalue weighted by molar-refractivity contribution is 9.10. The van der Waals surface area contributed by atoms with Gasteiger partial charge in [0.25, 0.3) is 0 Å². The van der Waals surface area contributed by atoms with Crippen molar-refractivity contribution in [3.05, 3.63) is 28.2 Å². The van der Waals surface area contributed by atoms with E-state index in [-0.39, 0.29) is 5.54 Å². The Morgan fingerprint density at radius 3 is 2.59 bits per heavy atom. The minimum absolute atomic E-state index is 0.189. The van der Waals surface area contributed by atoms with Gasteiger partial charge in [-0.3, -0.25) is 0 Å². The zero-order valence-corrected chi connectivity index (χ0v) is 12.7. The Balaban J connectivity index is 2.25. The third kappa shape index (κ3) is 6.08. The second-order valence-electron chi connectivity index (χ2n) is 5.29. The molecule has 0 aromatic heterocycles. The summed E-state index contributed by atoms with van der Waals surface area (Å²) in [6.07, 6.45) is 1.02. The fraction of sp³-hybridized carbons (Fsp3) is 0.571. The number of rotatable bonds is 5. The summed E-state index contributed by atoms with van der Waals surface area (Å²) in [7, 11) is 0. The Kier molecular flexibility index (Phi) is 5.47. The molecule has 0 aliphatic heterocycles. The third-order valence-electron chi connectivity index (χ3n) is 2.37. The molecule has 2 nitrogen and oxygen atoms in total. The lowest BCUT2D eigenvalue weighted by Gasteiger charge is -2.20. The average molecular weight is 300 g/mol. The summed E-state index contributed by atoms with van der Waals surface area (Å²) in [5.74, 6) is 0.946. The summed E-state index contributed by atoms with van der Waals surface area (Å²) >= 11 is 3.48. The van der Waals surface area contributed by atoms with Crippen LogP contribution < -0.4 is 10.1 Å². The lowest BCUT2D eigenvalue weighted by Crippen LogP contribution is -2.36. The van der Waals surface area contributed by atoms with E-state index in [1.807, 2.05) is 12.1 Å². The van der Waals surface area contributed by atoms with Crippen LogP contribution in [0.2, 0.25) is 0 Å². The average Bonchev–Trinajstić information content (AvgIpc) is 2.21. The van der Waals surface area contributed by atoms with Crippen LogP contribution in [0, 0.1) is 6.92 Å². The van der Waals surface area contributed by atoms with Crippen LogP contribution >= 0.6 is 15.9 Å². The van der Waals surface area contributed by atoms with Crippen molar-refractivity contribution in [2.24, 2.45) is 0 Å². The maximum absolute atomic E-state index is 5.70. The van der Waals surface area contributed by atoms with Gasteiger partial charge in [-0.1, -0.05) is 15.9 Å². The van der Waals surface area contributed by atoms with Crippen LogP contribution in [0.5, 0.6) is 5.75 Å². The smallest absolute Gasteiger partial charge is 0.119 e. The molecule has 0 aliphatic carbocycles. The Hall–Kier alpha value is -0.540. The van der Waals surface area contributed by atoms with E-state index < -0.39 is 0 Å². The van der Waals surface area contributed by atoms with Crippen molar-refractivity contribution in [1.29, 1.82) is 0 Å². The number of benzene rings is 1. The maximum Gasteiger partial charge on any atom is 0.119 e. The first-order valence-corrected chi connectivity index (χ1v) is 6.82. The molecule has 0 spiro atoms. The van der Waals surface area contributed by atoms with Gasteiger partial charge in [0.2, 0.25) is 0 Å². The van der Waals surface area contributed by atoms with Crippen LogP contribution in [0.3, 0.4) is 0 Å². The Bertz CT molecular complexity index is 358. The molecule has 0 radical (unpaired) electrons. The molecule has 1 rings (SSSR count). The van der Waals surface area contributed by atoms with E-state index in [1.54, 1.807) is 0 Å². The van der Waals surface area contributed by atoms with Crippen LogP contribution in [-0.4, -0.2) is 18.7 Å². The molecule has 17 heavy (non-hydrogen) atoms. The van der Waals surface area contributed by atoms with Crippen LogP contribution in [-0.2, 0) is 0 Å². The molecule has 96 valence electrons. The molecule has 0 fully saturated rings. The quantitative estimate of drug-likeness (QED) is 0.832. The van der Waals surface area contributed by atoms with Gasteiger partial charge in [0.05, 0.1) is 6.61 Å². The number of hydrogen-bond acceptors (Lipinski definition) is 2. The molecule has 0 aliphatic rings. The van der Waals surface area contributed by atoms with Gasteiger partial charge in [0, 0.05) is 10.0 Å². The van der Waals surface area contributed by atoms with Crippen molar-refractivity contribution >= 4 is 15.9 Å². The van der Waals surface area contributed by atoms with E-state index in [9.17, 15) is 0 Å². The van der Waals surface area contributed by atoms with Gasteiger partial charge in [-0.2, -0.15) is 0 Å². The Morgan fingerprint density at radius 2 is 2.00 bits per heavy atom. The lowest BCUT2D eigenvalue weighted by molar-refractivity contribution is 0.298. The van der Waals surface area contributed by atoms with Crippen molar-refractivity contribution in [3.8, 4) is 5.75 Å². The van der Waals surface area contributed by atoms with E-state index in [0.29, 0.717) is 0 Å². The molecule has 0 unspecified atom stereocenters. The van der Waals surface area contributed by atoms with E-state index in [1.165, 1.54) is 5.56 Å². The number of aryl methyl sites for hydroxylation is 1. The third-order valence-corrected chi connectivity index (χ3v) is 3.26. The highest BCUT2D eigenvalue weighted by atomic mass is 79.9. The van der Waals surface area contributed by atoms with Gasteiger partial charge in [0.1, 0.15) is 5.75 Å². The van der Waals surface area contributed by atoms with Crippen LogP contribution in [0.15, 0.2) is 22.7 Å². The molecule has 1 N–H and O–H groups in total. The molecule has 0 saturated carbocycles. The minimum Gasteiger partial charge on any atom is -0.494 e. The molecule has 0 amide bonds. The first kappa shape index (κ1) is 14.5. The summed E-state index contributed by atoms with van der Waals surface area (Å²) in [5.41, 5.74) is 1.39. The molecular weight excluding hydrogens is 278 g/mol. The molecule has 0 atom stereocenters. The zero-order valence-electron chi connectivity index (χ0n) is 11.1. The van der Waals surface area contributed by atoms with Gasteiger partial charge < -0.3 is 10.1 Å². The number of ether oxygens (including phenoxy) is 1. The predicted octanol–water partition coefficient (Wildman–Crippen LogP) is 3.91. The largest absolute Gasteiger partial charge is 0.494 e. The zero-order chi connectivity index (χ0) is 12.9. The van der Waals surface area contributed by atoms with Crippen molar-refractivity contribution in [3.63, 3.8) is 0 Å². The Morgan fingerprint density at radius 1 is 1.29 bits per heavy atom. The number of nitrogens with one attached hydrogen (secondary N) is 1. The topological polar surface area (TPSA) is 21.3 Å². The first-order valence-electron chi connectivity index (χ1n) is 6.02. The maximum atomic E-state index is 5.70. The van der Waals surface area contributed by atoms with Crippen molar-refractivity contribution in [2.75, 3.05) is 13.2 Å². The van der Waals surface area contributed by atoms with Gasteiger partial charge >= 0.3 is 0 Å². The predicted molar refractivity (Wildman–Crippen MR) is 76.7 cm³/mol. The van der Waals surface area contributed by atoms with Gasteiger partial charge in [-0.15, -0.1) is 0 Å². The monoisotopic (exact) mass is 299 g/mol. The summed E-state index contributed by atoms with van der Waals surface area (Å²) in [6, 6.07) is 6.08. The van der Waals surface area contributed by atoms with Crippen molar-refractivity contribution in [1.82, 2.24) is 5.32 Å².